The molecule has 0 unspecified atom stereocenters. The van der Waals surface area contributed by atoms with E-state index < -0.39 is 0 Å². The number of aromatic nitrogens is 2. The molecule has 0 radical (unpaired) electrons. The minimum Gasteiger partial charge on any atom is -0.343 e. The van der Waals surface area contributed by atoms with Crippen LogP contribution in [-0.4, -0.2) is 9.13 Å². The van der Waals surface area contributed by atoms with Gasteiger partial charge in [0.1, 0.15) is 0 Å². The lowest BCUT2D eigenvalue weighted by atomic mass is 10.1. The summed E-state index contributed by atoms with van der Waals surface area (Å²) in [6, 6.07) is 36.3. The van der Waals surface area contributed by atoms with E-state index in [-0.39, 0.29) is 0 Å². The number of rotatable bonds is 2. The Labute approximate surface area is 236 Å². The van der Waals surface area contributed by atoms with Crippen molar-refractivity contribution in [3.8, 4) is 21.1 Å². The lowest BCUT2D eigenvalue weighted by molar-refractivity contribution is 0.981. The molecule has 0 saturated heterocycles. The molecule has 0 saturated carbocycles. The Hall–Kier alpha value is -3.90. The Morgan fingerprint density at radius 2 is 0.897 bits per heavy atom. The number of hydrogen-bond acceptors (Lipinski definition) is 3. The largest absolute Gasteiger partial charge is 0.343 e. The number of hydrogen-bond donors (Lipinski definition) is 0. The molecule has 0 amide bonds. The Morgan fingerprint density at radius 3 is 1.36 bits per heavy atom. The fourth-order valence-corrected chi connectivity index (χ4v) is 9.72. The third-order valence-corrected chi connectivity index (χ3v) is 11.5. The molecule has 186 valence electrons. The fraction of sp³-hybridized carbons (Fsp3) is 0.0588. The van der Waals surface area contributed by atoms with E-state index in [4.69, 9.17) is 0 Å². The van der Waals surface area contributed by atoms with Gasteiger partial charge in [0.05, 0.1) is 21.1 Å². The van der Waals surface area contributed by atoms with Crippen molar-refractivity contribution in [2.45, 2.75) is 0 Å². The summed E-state index contributed by atoms with van der Waals surface area (Å²) in [4.78, 5) is 2.65. The molecule has 0 atom stereocenters. The summed E-state index contributed by atoms with van der Waals surface area (Å²) >= 11 is 5.71. The number of thiophene rings is 3. The van der Waals surface area contributed by atoms with Crippen molar-refractivity contribution in [3.05, 3.63) is 97.1 Å². The van der Waals surface area contributed by atoms with Gasteiger partial charge in [-0.25, -0.2) is 0 Å². The van der Waals surface area contributed by atoms with Gasteiger partial charge in [0.2, 0.25) is 0 Å². The molecule has 5 aromatic heterocycles. The van der Waals surface area contributed by atoms with Crippen molar-refractivity contribution in [1.82, 2.24) is 9.13 Å². The highest BCUT2D eigenvalue weighted by molar-refractivity contribution is 7.27. The molecule has 39 heavy (non-hydrogen) atoms. The zero-order valence-electron chi connectivity index (χ0n) is 21.4. The summed E-state index contributed by atoms with van der Waals surface area (Å²) < 4.78 is 10.1. The summed E-state index contributed by atoms with van der Waals surface area (Å²) in [7, 11) is 4.35. The maximum Gasteiger partial charge on any atom is 0.0590 e. The van der Waals surface area contributed by atoms with Gasteiger partial charge in [-0.3, -0.25) is 0 Å². The van der Waals surface area contributed by atoms with Crippen LogP contribution in [0.15, 0.2) is 97.1 Å². The van der Waals surface area contributed by atoms with Gasteiger partial charge in [-0.05, 0) is 71.4 Å². The standard InChI is InChI=1S/C34H22N2S3/c1-35-25-9-5-3-7-19(25)13-27(35)33-15-21-11-23-24-12-22-16-34(28-14-20-8-4-6-10-26(20)36(28)2)38-30(22)18-32(24)39-31(23)17-29(21)37-33/h3-18H,1-2H3. The molecule has 5 heteroatoms. The Bertz CT molecular complexity index is 2250. The highest BCUT2D eigenvalue weighted by atomic mass is 32.1. The summed E-state index contributed by atoms with van der Waals surface area (Å²) in [6.07, 6.45) is 0. The number of benzene rings is 4. The monoisotopic (exact) mass is 554 g/mol. The van der Waals surface area contributed by atoms with E-state index in [2.05, 4.69) is 120 Å². The topological polar surface area (TPSA) is 9.86 Å². The molecule has 0 bridgehead atoms. The van der Waals surface area contributed by atoms with Crippen LogP contribution < -0.4 is 0 Å². The molecule has 0 fully saturated rings. The summed E-state index contributed by atoms with van der Waals surface area (Å²) in [5, 5.41) is 7.97. The Balaban J connectivity index is 1.20. The lowest BCUT2D eigenvalue weighted by Crippen LogP contribution is -1.88. The van der Waals surface area contributed by atoms with Crippen molar-refractivity contribution < 1.29 is 0 Å². The van der Waals surface area contributed by atoms with Crippen LogP contribution in [0.5, 0.6) is 0 Å². The van der Waals surface area contributed by atoms with Gasteiger partial charge in [0, 0.05) is 65.5 Å². The Morgan fingerprint density at radius 1 is 0.436 bits per heavy atom. The molecular formula is C34H22N2S3. The number of aryl methyl sites for hydroxylation is 2. The summed E-state index contributed by atoms with van der Waals surface area (Å²) in [5.41, 5.74) is 5.12. The first-order chi connectivity index (χ1) is 19.1. The van der Waals surface area contributed by atoms with E-state index in [9.17, 15) is 0 Å². The predicted octanol–water partition coefficient (Wildman–Crippen LogP) is 10.8. The molecule has 4 aromatic carbocycles. The summed E-state index contributed by atoms with van der Waals surface area (Å²) in [5.74, 6) is 0. The molecule has 0 aliphatic carbocycles. The average Bonchev–Trinajstić information content (AvgIpc) is 3.75. The minimum atomic E-state index is 1.28. The zero-order chi connectivity index (χ0) is 25.8. The van der Waals surface area contributed by atoms with E-state index in [0.29, 0.717) is 0 Å². The van der Waals surface area contributed by atoms with Crippen molar-refractivity contribution in [1.29, 1.82) is 0 Å². The van der Waals surface area contributed by atoms with Crippen LogP contribution in [0, 0.1) is 0 Å². The van der Waals surface area contributed by atoms with Crippen LogP contribution >= 0.6 is 34.0 Å². The highest BCUT2D eigenvalue weighted by Gasteiger charge is 2.16. The van der Waals surface area contributed by atoms with E-state index in [0.717, 1.165) is 0 Å². The maximum atomic E-state index is 2.41. The first-order valence-electron chi connectivity index (χ1n) is 13.0. The van der Waals surface area contributed by atoms with Crippen LogP contribution in [0.1, 0.15) is 0 Å². The molecule has 0 aliphatic heterocycles. The van der Waals surface area contributed by atoms with Gasteiger partial charge >= 0.3 is 0 Å². The second-order valence-electron chi connectivity index (χ2n) is 10.4. The normalized spacial score (nSPS) is 12.4. The number of nitrogens with zero attached hydrogens (tertiary/aromatic N) is 2. The third-order valence-electron chi connectivity index (χ3n) is 8.16. The third kappa shape index (κ3) is 3.12. The number of fused-ring (bicyclic) bond motifs is 7. The van der Waals surface area contributed by atoms with Crippen LogP contribution in [0.3, 0.4) is 0 Å². The van der Waals surface area contributed by atoms with E-state index >= 15 is 0 Å². The first kappa shape index (κ1) is 22.0. The fourth-order valence-electron chi connectivity index (χ4n) is 6.15. The van der Waals surface area contributed by atoms with Crippen LogP contribution in [0.2, 0.25) is 0 Å². The quantitative estimate of drug-likeness (QED) is 0.201. The van der Waals surface area contributed by atoms with E-state index in [1.165, 1.54) is 83.3 Å². The smallest absolute Gasteiger partial charge is 0.0590 e. The molecule has 9 rings (SSSR count). The SMILES string of the molecule is Cn1c(-c2cc3cc4c(cc3s2)sc2cc3sc(-c5cc6ccccc6n5C)cc3cc24)cc2ccccc21. The first-order valence-corrected chi connectivity index (χ1v) is 15.5. The minimum absolute atomic E-state index is 1.28. The summed E-state index contributed by atoms with van der Waals surface area (Å²) in [6.45, 7) is 0. The Kier molecular flexibility index (Phi) is 4.41. The molecular weight excluding hydrogens is 533 g/mol. The molecule has 0 spiro atoms. The highest BCUT2D eigenvalue weighted by Crippen LogP contribution is 2.45. The lowest BCUT2D eigenvalue weighted by Gasteiger charge is -2.00. The second-order valence-corrected chi connectivity index (χ2v) is 13.6. The van der Waals surface area contributed by atoms with Gasteiger partial charge in [-0.2, -0.15) is 0 Å². The molecule has 0 N–H and O–H groups in total. The molecule has 2 nitrogen and oxygen atoms in total. The van der Waals surface area contributed by atoms with E-state index in [1.54, 1.807) is 0 Å². The molecule has 0 aliphatic rings. The van der Waals surface area contributed by atoms with E-state index in [1.807, 2.05) is 34.0 Å². The maximum absolute atomic E-state index is 2.41. The molecule has 9 aromatic rings. The van der Waals surface area contributed by atoms with Gasteiger partial charge < -0.3 is 9.13 Å². The zero-order valence-corrected chi connectivity index (χ0v) is 23.8. The van der Waals surface area contributed by atoms with Crippen LogP contribution in [0.25, 0.3) is 83.3 Å². The van der Waals surface area contributed by atoms with Crippen molar-refractivity contribution in [2.24, 2.45) is 14.1 Å². The van der Waals surface area contributed by atoms with Crippen molar-refractivity contribution in [3.63, 3.8) is 0 Å². The van der Waals surface area contributed by atoms with Gasteiger partial charge in [-0.15, -0.1) is 34.0 Å². The predicted molar refractivity (Wildman–Crippen MR) is 174 cm³/mol. The van der Waals surface area contributed by atoms with Gasteiger partial charge in [0.25, 0.3) is 0 Å². The van der Waals surface area contributed by atoms with Gasteiger partial charge in [-0.1, -0.05) is 36.4 Å². The number of para-hydroxylation sites is 2. The van der Waals surface area contributed by atoms with Crippen LogP contribution in [0.4, 0.5) is 0 Å². The van der Waals surface area contributed by atoms with Crippen molar-refractivity contribution in [2.75, 3.05) is 0 Å². The molecule has 5 heterocycles. The average molecular weight is 555 g/mol. The van der Waals surface area contributed by atoms with Gasteiger partial charge in [0.15, 0.2) is 0 Å². The second kappa shape index (κ2) is 7.82. The van der Waals surface area contributed by atoms with Crippen molar-refractivity contribution >= 4 is 96.2 Å². The van der Waals surface area contributed by atoms with Crippen LogP contribution in [-0.2, 0) is 14.1 Å².